The van der Waals surface area contributed by atoms with Crippen LogP contribution in [0.25, 0.3) is 11.6 Å². The lowest BCUT2D eigenvalue weighted by atomic mass is 9.96. The molecule has 0 spiro atoms. The van der Waals surface area contributed by atoms with E-state index in [9.17, 15) is 0 Å². The molecule has 0 atom stereocenters. The highest BCUT2D eigenvalue weighted by Gasteiger charge is 2.05. The number of halogens is 1. The van der Waals surface area contributed by atoms with Crippen LogP contribution < -0.4 is 0 Å². The summed E-state index contributed by atoms with van der Waals surface area (Å²) >= 11 is 3.50. The molecule has 0 aromatic heterocycles. The monoisotopic (exact) mass is 334 g/mol. The van der Waals surface area contributed by atoms with E-state index < -0.39 is 0 Å². The normalized spacial score (nSPS) is 11.4. The van der Waals surface area contributed by atoms with E-state index in [0.29, 0.717) is 0 Å². The van der Waals surface area contributed by atoms with E-state index in [1.165, 1.54) is 22.3 Å². The van der Waals surface area contributed by atoms with Gasteiger partial charge in [-0.15, -0.1) is 0 Å². The number of rotatable bonds is 3. The van der Waals surface area contributed by atoms with E-state index in [1.54, 1.807) is 0 Å². The second-order valence-corrected chi connectivity index (χ2v) is 5.76. The molecule has 0 saturated heterocycles. The number of hydrogen-bond acceptors (Lipinski definition) is 0. The molecule has 0 nitrogen and oxygen atoms in total. The molecule has 0 radical (unpaired) electrons. The topological polar surface area (TPSA) is 0 Å². The lowest BCUT2D eigenvalue weighted by Crippen LogP contribution is -1.88. The molecule has 0 bridgehead atoms. The summed E-state index contributed by atoms with van der Waals surface area (Å²) in [6.07, 6.45) is 2.23. The molecular weight excluding hydrogens is 320 g/mol. The van der Waals surface area contributed by atoms with Gasteiger partial charge in [-0.25, -0.2) is 0 Å². The van der Waals surface area contributed by atoms with Crippen LogP contribution in [0.5, 0.6) is 0 Å². The summed E-state index contributed by atoms with van der Waals surface area (Å²) in [6, 6.07) is 29.4. The fraction of sp³-hybridized carbons (Fsp3) is 0. The standard InChI is InChI=1S/C20H15Br/c21-19-13-11-18(12-14-19)20(17-9-5-2-6-10-17)15-16-7-3-1-4-8-16/h1-15H/b20-15-. The third kappa shape index (κ3) is 3.50. The third-order valence-corrected chi connectivity index (χ3v) is 3.88. The maximum absolute atomic E-state index is 3.50. The lowest BCUT2D eigenvalue weighted by molar-refractivity contribution is 1.53. The van der Waals surface area contributed by atoms with Crippen LogP contribution >= 0.6 is 15.9 Å². The molecule has 1 heteroatoms. The minimum absolute atomic E-state index is 1.10. The number of hydrogen-bond donors (Lipinski definition) is 0. The van der Waals surface area contributed by atoms with Crippen LogP contribution in [0.4, 0.5) is 0 Å². The van der Waals surface area contributed by atoms with E-state index in [1.807, 2.05) is 12.1 Å². The van der Waals surface area contributed by atoms with Gasteiger partial charge < -0.3 is 0 Å². The van der Waals surface area contributed by atoms with Crippen LogP contribution in [-0.2, 0) is 0 Å². The zero-order valence-corrected chi connectivity index (χ0v) is 13.1. The fourth-order valence-electron chi connectivity index (χ4n) is 2.30. The van der Waals surface area contributed by atoms with Crippen LogP contribution in [0.1, 0.15) is 16.7 Å². The minimum Gasteiger partial charge on any atom is -0.0622 e. The second-order valence-electron chi connectivity index (χ2n) is 4.84. The minimum atomic E-state index is 1.10. The van der Waals surface area contributed by atoms with Crippen LogP contribution in [0, 0.1) is 0 Å². The maximum atomic E-state index is 3.50. The van der Waals surface area contributed by atoms with Crippen molar-refractivity contribution in [3.8, 4) is 0 Å². The van der Waals surface area contributed by atoms with Gasteiger partial charge in [-0.05, 0) is 40.5 Å². The third-order valence-electron chi connectivity index (χ3n) is 3.35. The largest absolute Gasteiger partial charge is 0.0622 e. The van der Waals surface area contributed by atoms with Crippen LogP contribution in [0.2, 0.25) is 0 Å². The lowest BCUT2D eigenvalue weighted by Gasteiger charge is -2.09. The van der Waals surface area contributed by atoms with Gasteiger partial charge in [-0.3, -0.25) is 0 Å². The van der Waals surface area contributed by atoms with Crippen molar-refractivity contribution in [1.82, 2.24) is 0 Å². The first-order valence-corrected chi connectivity index (χ1v) is 7.70. The van der Waals surface area contributed by atoms with Gasteiger partial charge in [0.25, 0.3) is 0 Å². The molecule has 3 rings (SSSR count). The Morgan fingerprint density at radius 1 is 0.619 bits per heavy atom. The Labute approximate surface area is 133 Å². The summed E-state index contributed by atoms with van der Waals surface area (Å²) in [5.74, 6) is 0. The van der Waals surface area contributed by atoms with E-state index in [-0.39, 0.29) is 0 Å². The second kappa shape index (κ2) is 6.55. The van der Waals surface area contributed by atoms with Crippen LogP contribution in [0.15, 0.2) is 89.4 Å². The Bertz CT molecular complexity index is 726. The van der Waals surface area contributed by atoms with Crippen LogP contribution in [0.3, 0.4) is 0 Å². The van der Waals surface area contributed by atoms with Gasteiger partial charge in [0.1, 0.15) is 0 Å². The molecule has 0 saturated carbocycles. The van der Waals surface area contributed by atoms with Crippen molar-refractivity contribution in [3.63, 3.8) is 0 Å². The molecule has 0 aliphatic rings. The van der Waals surface area contributed by atoms with E-state index in [0.717, 1.165) is 4.47 Å². The fourth-order valence-corrected chi connectivity index (χ4v) is 2.56. The summed E-state index contributed by atoms with van der Waals surface area (Å²) in [6.45, 7) is 0. The SMILES string of the molecule is Brc1ccc(/C(=C\c2ccccc2)c2ccccc2)cc1. The summed E-state index contributed by atoms with van der Waals surface area (Å²) in [7, 11) is 0. The molecule has 102 valence electrons. The Kier molecular flexibility index (Phi) is 4.32. The zero-order valence-electron chi connectivity index (χ0n) is 11.5. The van der Waals surface area contributed by atoms with Gasteiger partial charge in [0.2, 0.25) is 0 Å². The quantitative estimate of drug-likeness (QED) is 0.512. The Morgan fingerprint density at radius 2 is 1.14 bits per heavy atom. The summed E-state index contributed by atoms with van der Waals surface area (Å²) < 4.78 is 1.10. The summed E-state index contributed by atoms with van der Waals surface area (Å²) in [4.78, 5) is 0. The van der Waals surface area contributed by atoms with Crippen molar-refractivity contribution in [2.75, 3.05) is 0 Å². The van der Waals surface area contributed by atoms with E-state index in [4.69, 9.17) is 0 Å². The highest BCUT2D eigenvalue weighted by atomic mass is 79.9. The predicted octanol–water partition coefficient (Wildman–Crippen LogP) is 6.04. The summed E-state index contributed by atoms with van der Waals surface area (Å²) in [5.41, 5.74) is 4.88. The van der Waals surface area contributed by atoms with E-state index >= 15 is 0 Å². The van der Waals surface area contributed by atoms with Crippen molar-refractivity contribution in [3.05, 3.63) is 106 Å². The van der Waals surface area contributed by atoms with Crippen molar-refractivity contribution in [1.29, 1.82) is 0 Å². The van der Waals surface area contributed by atoms with Crippen molar-refractivity contribution >= 4 is 27.6 Å². The molecule has 3 aromatic carbocycles. The smallest absolute Gasteiger partial charge is 0.0175 e. The molecule has 0 unspecified atom stereocenters. The molecule has 21 heavy (non-hydrogen) atoms. The van der Waals surface area contributed by atoms with Crippen molar-refractivity contribution in [2.45, 2.75) is 0 Å². The van der Waals surface area contributed by atoms with Gasteiger partial charge in [0.15, 0.2) is 0 Å². The van der Waals surface area contributed by atoms with Gasteiger partial charge in [0, 0.05) is 4.47 Å². The predicted molar refractivity (Wildman–Crippen MR) is 94.0 cm³/mol. The van der Waals surface area contributed by atoms with Crippen LogP contribution in [-0.4, -0.2) is 0 Å². The molecule has 0 amide bonds. The molecule has 0 fully saturated rings. The van der Waals surface area contributed by atoms with Crippen molar-refractivity contribution in [2.24, 2.45) is 0 Å². The summed E-state index contributed by atoms with van der Waals surface area (Å²) in [5, 5.41) is 0. The highest BCUT2D eigenvalue weighted by Crippen LogP contribution is 2.27. The van der Waals surface area contributed by atoms with E-state index in [2.05, 4.69) is 94.8 Å². The van der Waals surface area contributed by atoms with Gasteiger partial charge in [-0.2, -0.15) is 0 Å². The zero-order chi connectivity index (χ0) is 14.5. The molecule has 0 N–H and O–H groups in total. The first kappa shape index (κ1) is 13.8. The Morgan fingerprint density at radius 3 is 1.76 bits per heavy atom. The molecule has 3 aromatic rings. The maximum Gasteiger partial charge on any atom is 0.0175 e. The molecular formula is C20H15Br. The number of benzene rings is 3. The highest BCUT2D eigenvalue weighted by molar-refractivity contribution is 9.10. The van der Waals surface area contributed by atoms with Gasteiger partial charge in [0.05, 0.1) is 0 Å². The average molecular weight is 335 g/mol. The first-order chi connectivity index (χ1) is 10.3. The first-order valence-electron chi connectivity index (χ1n) is 6.91. The van der Waals surface area contributed by atoms with Crippen molar-refractivity contribution < 1.29 is 0 Å². The van der Waals surface area contributed by atoms with Gasteiger partial charge in [-0.1, -0.05) is 88.7 Å². The molecule has 0 heterocycles. The Hall–Kier alpha value is -2.12. The average Bonchev–Trinajstić information content (AvgIpc) is 2.55. The van der Waals surface area contributed by atoms with Gasteiger partial charge >= 0.3 is 0 Å². The Balaban J connectivity index is 2.12. The molecule has 0 aliphatic carbocycles. The molecule has 0 aliphatic heterocycles.